The SMILES string of the molecule is NC(=O)C(O)C(O)c1cnc(F)c(Cl)c1. The summed E-state index contributed by atoms with van der Waals surface area (Å²) in [5.74, 6) is -2.00. The number of aliphatic hydroxyl groups excluding tert-OH is 2. The Bertz CT molecular complexity index is 388. The van der Waals surface area contributed by atoms with E-state index in [0.29, 0.717) is 0 Å². The number of carbonyl (C=O) groups is 1. The summed E-state index contributed by atoms with van der Waals surface area (Å²) in [6.45, 7) is 0. The second-order valence-electron chi connectivity index (χ2n) is 2.83. The lowest BCUT2D eigenvalue weighted by molar-refractivity contribution is -0.131. The van der Waals surface area contributed by atoms with Gasteiger partial charge < -0.3 is 15.9 Å². The van der Waals surface area contributed by atoms with Crippen LogP contribution in [0.4, 0.5) is 4.39 Å². The number of halogens is 2. The van der Waals surface area contributed by atoms with Crippen molar-refractivity contribution in [3.8, 4) is 0 Å². The zero-order chi connectivity index (χ0) is 11.6. The number of aliphatic hydroxyl groups is 2. The van der Waals surface area contributed by atoms with E-state index in [0.717, 1.165) is 12.3 Å². The molecule has 1 aromatic rings. The van der Waals surface area contributed by atoms with Crippen LogP contribution in [0, 0.1) is 5.95 Å². The van der Waals surface area contributed by atoms with Gasteiger partial charge in [-0.15, -0.1) is 0 Å². The fraction of sp³-hybridized carbons (Fsp3) is 0.250. The summed E-state index contributed by atoms with van der Waals surface area (Å²) in [4.78, 5) is 13.8. The average Bonchev–Trinajstić information content (AvgIpc) is 2.19. The van der Waals surface area contributed by atoms with Crippen LogP contribution in [0.25, 0.3) is 0 Å². The number of amides is 1. The van der Waals surface area contributed by atoms with Gasteiger partial charge in [-0.2, -0.15) is 4.39 Å². The first kappa shape index (κ1) is 11.8. The maximum Gasteiger partial charge on any atom is 0.249 e. The number of rotatable bonds is 3. The summed E-state index contributed by atoms with van der Waals surface area (Å²) in [6, 6.07) is 1.06. The van der Waals surface area contributed by atoms with E-state index in [1.807, 2.05) is 0 Å². The topological polar surface area (TPSA) is 96.4 Å². The number of primary amides is 1. The molecule has 0 radical (unpaired) electrons. The molecule has 0 aliphatic carbocycles. The summed E-state index contributed by atoms with van der Waals surface area (Å²) in [6.07, 6.45) is -2.40. The van der Waals surface area contributed by atoms with E-state index in [4.69, 9.17) is 22.4 Å². The molecule has 5 nitrogen and oxygen atoms in total. The molecule has 1 aromatic heterocycles. The number of hydrogen-bond acceptors (Lipinski definition) is 4. The minimum atomic E-state index is -1.78. The Balaban J connectivity index is 2.96. The number of aromatic nitrogens is 1. The Labute approximate surface area is 89.3 Å². The van der Waals surface area contributed by atoms with Crippen molar-refractivity contribution in [2.45, 2.75) is 12.2 Å². The highest BCUT2D eigenvalue weighted by Gasteiger charge is 2.24. The predicted octanol–water partition coefficient (Wildman–Crippen LogP) is -0.246. The Morgan fingerprint density at radius 3 is 2.67 bits per heavy atom. The summed E-state index contributed by atoms with van der Waals surface area (Å²) < 4.78 is 12.6. The second-order valence-corrected chi connectivity index (χ2v) is 3.24. The van der Waals surface area contributed by atoms with Crippen LogP contribution in [0.15, 0.2) is 12.3 Å². The van der Waals surface area contributed by atoms with Crippen LogP contribution in [0.3, 0.4) is 0 Å². The molecule has 0 saturated heterocycles. The fourth-order valence-electron chi connectivity index (χ4n) is 0.936. The highest BCUT2D eigenvalue weighted by atomic mass is 35.5. The third kappa shape index (κ3) is 2.62. The molecule has 2 unspecified atom stereocenters. The van der Waals surface area contributed by atoms with E-state index in [2.05, 4.69) is 4.98 Å². The van der Waals surface area contributed by atoms with Crippen molar-refractivity contribution < 1.29 is 19.4 Å². The minimum Gasteiger partial charge on any atom is -0.385 e. The molecule has 2 atom stereocenters. The number of nitrogens with zero attached hydrogens (tertiary/aromatic N) is 1. The zero-order valence-electron chi connectivity index (χ0n) is 7.39. The van der Waals surface area contributed by atoms with Gasteiger partial charge in [0.25, 0.3) is 0 Å². The summed E-state index contributed by atoms with van der Waals surface area (Å²) in [7, 11) is 0. The molecule has 1 amide bonds. The Kier molecular flexibility index (Phi) is 3.57. The molecule has 4 N–H and O–H groups in total. The third-order valence-electron chi connectivity index (χ3n) is 1.75. The van der Waals surface area contributed by atoms with E-state index in [1.165, 1.54) is 0 Å². The molecule has 0 bridgehead atoms. The van der Waals surface area contributed by atoms with Crippen LogP contribution in [0.2, 0.25) is 5.02 Å². The van der Waals surface area contributed by atoms with Crippen molar-refractivity contribution in [2.24, 2.45) is 5.73 Å². The fourth-order valence-corrected chi connectivity index (χ4v) is 1.11. The summed E-state index contributed by atoms with van der Waals surface area (Å²) in [5, 5.41) is 18.2. The van der Waals surface area contributed by atoms with Gasteiger partial charge in [-0.3, -0.25) is 4.79 Å². The molecule has 82 valence electrons. The second kappa shape index (κ2) is 4.52. The third-order valence-corrected chi connectivity index (χ3v) is 2.01. The van der Waals surface area contributed by atoms with Gasteiger partial charge in [0, 0.05) is 11.8 Å². The van der Waals surface area contributed by atoms with Crippen molar-refractivity contribution in [3.63, 3.8) is 0 Å². The van der Waals surface area contributed by atoms with E-state index >= 15 is 0 Å². The van der Waals surface area contributed by atoms with Crippen LogP contribution in [0.5, 0.6) is 0 Å². The summed E-state index contributed by atoms with van der Waals surface area (Å²) in [5.41, 5.74) is 4.77. The lowest BCUT2D eigenvalue weighted by Gasteiger charge is -2.14. The van der Waals surface area contributed by atoms with Crippen LogP contribution in [-0.4, -0.2) is 27.2 Å². The Morgan fingerprint density at radius 2 is 2.20 bits per heavy atom. The zero-order valence-corrected chi connectivity index (χ0v) is 8.15. The predicted molar refractivity (Wildman–Crippen MR) is 49.4 cm³/mol. The lowest BCUT2D eigenvalue weighted by Crippen LogP contribution is -2.33. The standard InChI is InChI=1S/C8H8ClFN2O3/c9-4-1-3(2-12-7(4)10)5(13)6(14)8(11)15/h1-2,5-6,13-14H,(H2,11,15). The highest BCUT2D eigenvalue weighted by Crippen LogP contribution is 2.21. The average molecular weight is 235 g/mol. The molecule has 7 heteroatoms. The monoisotopic (exact) mass is 234 g/mol. The Morgan fingerprint density at radius 1 is 1.60 bits per heavy atom. The van der Waals surface area contributed by atoms with E-state index in [9.17, 15) is 14.3 Å². The van der Waals surface area contributed by atoms with Gasteiger partial charge in [0.2, 0.25) is 11.9 Å². The van der Waals surface area contributed by atoms with Crippen molar-refractivity contribution in [1.29, 1.82) is 0 Å². The van der Waals surface area contributed by atoms with E-state index in [-0.39, 0.29) is 10.6 Å². The van der Waals surface area contributed by atoms with Gasteiger partial charge in [0.1, 0.15) is 6.10 Å². The number of nitrogens with two attached hydrogens (primary N) is 1. The largest absolute Gasteiger partial charge is 0.385 e. The van der Waals surface area contributed by atoms with Gasteiger partial charge in [-0.1, -0.05) is 11.6 Å². The molecular formula is C8H8ClFN2O3. The molecule has 0 aliphatic rings. The number of carbonyl (C=O) groups excluding carboxylic acids is 1. The molecule has 0 spiro atoms. The number of hydrogen-bond donors (Lipinski definition) is 3. The first-order valence-electron chi connectivity index (χ1n) is 3.90. The van der Waals surface area contributed by atoms with Gasteiger partial charge >= 0.3 is 0 Å². The summed E-state index contributed by atoms with van der Waals surface area (Å²) >= 11 is 5.40. The van der Waals surface area contributed by atoms with Gasteiger partial charge in [-0.05, 0) is 6.07 Å². The first-order chi connectivity index (χ1) is 6.93. The van der Waals surface area contributed by atoms with E-state index in [1.54, 1.807) is 0 Å². The smallest absolute Gasteiger partial charge is 0.249 e. The highest BCUT2D eigenvalue weighted by molar-refractivity contribution is 6.30. The molecular weight excluding hydrogens is 227 g/mol. The van der Waals surface area contributed by atoms with Crippen LogP contribution in [-0.2, 0) is 4.79 Å². The maximum atomic E-state index is 12.6. The molecule has 15 heavy (non-hydrogen) atoms. The van der Waals surface area contributed by atoms with Crippen molar-refractivity contribution in [3.05, 3.63) is 28.8 Å². The van der Waals surface area contributed by atoms with Crippen LogP contribution >= 0.6 is 11.6 Å². The van der Waals surface area contributed by atoms with Gasteiger partial charge in [0.15, 0.2) is 6.10 Å². The van der Waals surface area contributed by atoms with Gasteiger partial charge in [-0.25, -0.2) is 4.98 Å². The van der Waals surface area contributed by atoms with Crippen LogP contribution < -0.4 is 5.73 Å². The molecule has 0 saturated carbocycles. The molecule has 0 aromatic carbocycles. The normalized spacial score (nSPS) is 14.7. The molecule has 1 heterocycles. The maximum absolute atomic E-state index is 12.6. The first-order valence-corrected chi connectivity index (χ1v) is 4.27. The van der Waals surface area contributed by atoms with Gasteiger partial charge in [0.05, 0.1) is 5.02 Å². The number of pyridine rings is 1. The van der Waals surface area contributed by atoms with E-state index < -0.39 is 24.1 Å². The van der Waals surface area contributed by atoms with Crippen molar-refractivity contribution >= 4 is 17.5 Å². The minimum absolute atomic E-state index is 0.00713. The van der Waals surface area contributed by atoms with Crippen molar-refractivity contribution in [2.75, 3.05) is 0 Å². The van der Waals surface area contributed by atoms with Crippen LogP contribution in [0.1, 0.15) is 11.7 Å². The lowest BCUT2D eigenvalue weighted by atomic mass is 10.1. The molecule has 0 aliphatic heterocycles. The molecule has 0 fully saturated rings. The Hall–Kier alpha value is -1.24. The van der Waals surface area contributed by atoms with Crippen molar-refractivity contribution in [1.82, 2.24) is 4.98 Å². The quantitative estimate of drug-likeness (QED) is 0.629. The molecule has 1 rings (SSSR count).